The monoisotopic (exact) mass is 231 g/mol. The molecular formula is C10H8F3NO2. The van der Waals surface area contributed by atoms with E-state index in [9.17, 15) is 13.2 Å². The van der Waals surface area contributed by atoms with E-state index in [0.717, 1.165) is 6.07 Å². The average molecular weight is 231 g/mol. The van der Waals surface area contributed by atoms with Crippen molar-refractivity contribution in [1.82, 2.24) is 0 Å². The van der Waals surface area contributed by atoms with E-state index in [-0.39, 0.29) is 16.9 Å². The highest BCUT2D eigenvalue weighted by Crippen LogP contribution is 2.35. The Morgan fingerprint density at radius 1 is 1.44 bits per heavy atom. The van der Waals surface area contributed by atoms with Crippen molar-refractivity contribution >= 4 is 0 Å². The van der Waals surface area contributed by atoms with Crippen molar-refractivity contribution in [3.8, 4) is 11.8 Å². The number of hydrogen-bond acceptors (Lipinski definition) is 3. The van der Waals surface area contributed by atoms with E-state index in [1.54, 1.807) is 6.07 Å². The Balaban J connectivity index is 3.45. The van der Waals surface area contributed by atoms with Gasteiger partial charge in [0.25, 0.3) is 0 Å². The standard InChI is InChI=1S/C10H8F3NO2/c1-16-9-3-8(10(11,12)13)7(5-15)2-6(9)4-14/h2-3,15H,5H2,1H3. The summed E-state index contributed by atoms with van der Waals surface area (Å²) in [6.45, 7) is -0.784. The number of benzene rings is 1. The molecule has 0 heterocycles. The predicted octanol–water partition coefficient (Wildman–Crippen LogP) is 2.08. The first-order valence-corrected chi connectivity index (χ1v) is 4.23. The summed E-state index contributed by atoms with van der Waals surface area (Å²) in [6, 6.07) is 3.38. The lowest BCUT2D eigenvalue weighted by molar-refractivity contribution is -0.138. The number of nitrogens with zero attached hydrogens (tertiary/aromatic N) is 1. The van der Waals surface area contributed by atoms with Crippen LogP contribution in [0.15, 0.2) is 12.1 Å². The van der Waals surface area contributed by atoms with E-state index < -0.39 is 18.3 Å². The minimum absolute atomic E-state index is 0.0421. The number of hydrogen-bond donors (Lipinski definition) is 1. The molecule has 0 bridgehead atoms. The van der Waals surface area contributed by atoms with E-state index in [1.807, 2.05) is 0 Å². The van der Waals surface area contributed by atoms with E-state index >= 15 is 0 Å². The molecule has 0 saturated heterocycles. The molecule has 1 rings (SSSR count). The molecule has 16 heavy (non-hydrogen) atoms. The highest BCUT2D eigenvalue weighted by atomic mass is 19.4. The van der Waals surface area contributed by atoms with Gasteiger partial charge in [0.1, 0.15) is 11.8 Å². The van der Waals surface area contributed by atoms with Gasteiger partial charge in [-0.05, 0) is 17.7 Å². The molecule has 0 fully saturated rings. The van der Waals surface area contributed by atoms with Gasteiger partial charge >= 0.3 is 6.18 Å². The first-order valence-electron chi connectivity index (χ1n) is 4.23. The summed E-state index contributed by atoms with van der Waals surface area (Å²) in [5.41, 5.74) is -1.38. The van der Waals surface area contributed by atoms with Gasteiger partial charge < -0.3 is 9.84 Å². The maximum atomic E-state index is 12.5. The van der Waals surface area contributed by atoms with Crippen LogP contribution in [0.1, 0.15) is 16.7 Å². The number of nitriles is 1. The molecule has 1 N–H and O–H groups in total. The SMILES string of the molecule is COc1cc(C(F)(F)F)c(CO)cc1C#N. The fraction of sp³-hybridized carbons (Fsp3) is 0.300. The highest BCUT2D eigenvalue weighted by molar-refractivity contribution is 5.49. The van der Waals surface area contributed by atoms with Crippen LogP contribution in [0.4, 0.5) is 13.2 Å². The molecule has 0 saturated carbocycles. The lowest BCUT2D eigenvalue weighted by atomic mass is 10.0. The van der Waals surface area contributed by atoms with Crippen LogP contribution in [-0.2, 0) is 12.8 Å². The first-order chi connectivity index (χ1) is 7.43. The third-order valence-electron chi connectivity index (χ3n) is 2.02. The van der Waals surface area contributed by atoms with Crippen LogP contribution >= 0.6 is 0 Å². The Morgan fingerprint density at radius 3 is 2.44 bits per heavy atom. The topological polar surface area (TPSA) is 53.2 Å². The number of rotatable bonds is 2. The van der Waals surface area contributed by atoms with Crippen molar-refractivity contribution in [2.45, 2.75) is 12.8 Å². The van der Waals surface area contributed by atoms with Crippen LogP contribution in [0.3, 0.4) is 0 Å². The molecule has 1 aromatic carbocycles. The summed E-state index contributed by atoms with van der Waals surface area (Å²) in [4.78, 5) is 0. The van der Waals surface area contributed by atoms with Crippen LogP contribution in [0, 0.1) is 11.3 Å². The fourth-order valence-electron chi connectivity index (χ4n) is 1.28. The summed E-state index contributed by atoms with van der Waals surface area (Å²) in [5.74, 6) is -0.160. The van der Waals surface area contributed by atoms with E-state index in [4.69, 9.17) is 10.4 Å². The number of aliphatic hydroxyl groups is 1. The Labute approximate surface area is 89.7 Å². The van der Waals surface area contributed by atoms with Crippen LogP contribution in [-0.4, -0.2) is 12.2 Å². The number of alkyl halides is 3. The van der Waals surface area contributed by atoms with Gasteiger partial charge in [0.2, 0.25) is 0 Å². The Morgan fingerprint density at radius 2 is 2.06 bits per heavy atom. The van der Waals surface area contributed by atoms with Gasteiger partial charge in [-0.3, -0.25) is 0 Å². The van der Waals surface area contributed by atoms with Crippen LogP contribution in [0.25, 0.3) is 0 Å². The molecule has 0 atom stereocenters. The van der Waals surface area contributed by atoms with Gasteiger partial charge in [-0.1, -0.05) is 0 Å². The molecule has 0 aliphatic heterocycles. The molecule has 0 spiro atoms. The minimum Gasteiger partial charge on any atom is -0.495 e. The van der Waals surface area contributed by atoms with Gasteiger partial charge in [-0.2, -0.15) is 18.4 Å². The smallest absolute Gasteiger partial charge is 0.416 e. The highest BCUT2D eigenvalue weighted by Gasteiger charge is 2.34. The maximum Gasteiger partial charge on any atom is 0.416 e. The molecule has 6 heteroatoms. The number of methoxy groups -OCH3 is 1. The molecule has 0 radical (unpaired) electrons. The third-order valence-corrected chi connectivity index (χ3v) is 2.02. The molecule has 3 nitrogen and oxygen atoms in total. The van der Waals surface area contributed by atoms with Gasteiger partial charge in [-0.25, -0.2) is 0 Å². The second-order valence-electron chi connectivity index (χ2n) is 2.98. The quantitative estimate of drug-likeness (QED) is 0.847. The molecule has 0 aliphatic carbocycles. The molecule has 0 aliphatic rings. The van der Waals surface area contributed by atoms with Gasteiger partial charge in [0, 0.05) is 0 Å². The van der Waals surface area contributed by atoms with Crippen LogP contribution < -0.4 is 4.74 Å². The molecular weight excluding hydrogens is 223 g/mol. The maximum absolute atomic E-state index is 12.5. The second kappa shape index (κ2) is 4.41. The minimum atomic E-state index is -4.58. The number of ether oxygens (including phenoxy) is 1. The van der Waals surface area contributed by atoms with Gasteiger partial charge in [0.05, 0.1) is 24.8 Å². The molecule has 0 unspecified atom stereocenters. The van der Waals surface area contributed by atoms with Crippen LogP contribution in [0.5, 0.6) is 5.75 Å². The Bertz CT molecular complexity index is 435. The van der Waals surface area contributed by atoms with E-state index in [2.05, 4.69) is 4.74 Å². The first kappa shape index (κ1) is 12.3. The molecule has 0 amide bonds. The Kier molecular flexibility index (Phi) is 3.40. The second-order valence-corrected chi connectivity index (χ2v) is 2.98. The van der Waals surface area contributed by atoms with Crippen molar-refractivity contribution in [2.75, 3.05) is 7.11 Å². The normalized spacial score (nSPS) is 11.0. The number of halogens is 3. The van der Waals surface area contributed by atoms with E-state index in [0.29, 0.717) is 6.07 Å². The predicted molar refractivity (Wildman–Crippen MR) is 48.6 cm³/mol. The van der Waals surface area contributed by atoms with E-state index in [1.165, 1.54) is 7.11 Å². The summed E-state index contributed by atoms with van der Waals surface area (Å²) < 4.78 is 42.3. The summed E-state index contributed by atoms with van der Waals surface area (Å²) in [5, 5.41) is 17.5. The Hall–Kier alpha value is -1.74. The zero-order valence-electron chi connectivity index (χ0n) is 8.30. The molecule has 86 valence electrons. The summed E-state index contributed by atoms with van der Waals surface area (Å²) >= 11 is 0. The van der Waals surface area contributed by atoms with Gasteiger partial charge in [0.15, 0.2) is 0 Å². The largest absolute Gasteiger partial charge is 0.495 e. The molecule has 0 aromatic heterocycles. The zero-order valence-corrected chi connectivity index (χ0v) is 8.30. The third kappa shape index (κ3) is 2.25. The van der Waals surface area contributed by atoms with Crippen molar-refractivity contribution in [3.63, 3.8) is 0 Å². The summed E-state index contributed by atoms with van der Waals surface area (Å²) in [6.07, 6.45) is -4.58. The lowest BCUT2D eigenvalue weighted by Gasteiger charge is -2.13. The van der Waals surface area contributed by atoms with Crippen LogP contribution in [0.2, 0.25) is 0 Å². The van der Waals surface area contributed by atoms with Crippen molar-refractivity contribution in [3.05, 3.63) is 28.8 Å². The van der Waals surface area contributed by atoms with Crippen molar-refractivity contribution in [1.29, 1.82) is 5.26 Å². The lowest BCUT2D eigenvalue weighted by Crippen LogP contribution is -2.10. The van der Waals surface area contributed by atoms with Crippen molar-refractivity contribution in [2.24, 2.45) is 0 Å². The van der Waals surface area contributed by atoms with Gasteiger partial charge in [-0.15, -0.1) is 0 Å². The molecule has 1 aromatic rings. The summed E-state index contributed by atoms with van der Waals surface area (Å²) in [7, 11) is 1.18. The zero-order chi connectivity index (χ0) is 12.3. The van der Waals surface area contributed by atoms with Crippen molar-refractivity contribution < 1.29 is 23.0 Å². The average Bonchev–Trinajstić information content (AvgIpc) is 2.25. The fourth-order valence-corrected chi connectivity index (χ4v) is 1.28. The number of aliphatic hydroxyl groups excluding tert-OH is 1.